The smallest absolute Gasteiger partial charge is 0.258 e. The average molecular weight is 392 g/mol. The first kappa shape index (κ1) is 18.1. The van der Waals surface area contributed by atoms with Crippen LogP contribution in [0.1, 0.15) is 24.4 Å². The molecule has 0 saturated carbocycles. The number of nitrogens with zero attached hydrogens (tertiary/aromatic N) is 3. The Bertz CT molecular complexity index is 1090. The number of H-pyrrole nitrogens is 1. The highest BCUT2D eigenvalue weighted by Crippen LogP contribution is 2.33. The van der Waals surface area contributed by atoms with Crippen LogP contribution in [0.15, 0.2) is 47.3 Å². The quantitative estimate of drug-likeness (QED) is 0.736. The zero-order valence-electron chi connectivity index (χ0n) is 16.4. The lowest BCUT2D eigenvalue weighted by Gasteiger charge is -2.37. The molecule has 0 aliphatic carbocycles. The van der Waals surface area contributed by atoms with Crippen LogP contribution >= 0.6 is 0 Å². The van der Waals surface area contributed by atoms with Crippen LogP contribution in [-0.4, -0.2) is 52.7 Å². The van der Waals surface area contributed by atoms with E-state index >= 15 is 0 Å². The maximum Gasteiger partial charge on any atom is 0.258 e. The fraction of sp³-hybridized carbons (Fsp3) is 0.364. The van der Waals surface area contributed by atoms with Gasteiger partial charge in [-0.05, 0) is 36.8 Å². The maximum absolute atomic E-state index is 12.4. The van der Waals surface area contributed by atoms with Crippen LogP contribution in [0.2, 0.25) is 0 Å². The molecule has 7 nitrogen and oxygen atoms in total. The predicted octanol–water partition coefficient (Wildman–Crippen LogP) is 2.53. The van der Waals surface area contributed by atoms with E-state index in [1.54, 1.807) is 0 Å². The minimum atomic E-state index is -0.0705. The number of hydrogen-bond donors (Lipinski definition) is 1. The average Bonchev–Trinajstić information content (AvgIpc) is 3.22. The van der Waals surface area contributed by atoms with Gasteiger partial charge in [-0.15, -0.1) is 0 Å². The maximum atomic E-state index is 12.4. The van der Waals surface area contributed by atoms with E-state index in [1.807, 2.05) is 30.3 Å². The first-order chi connectivity index (χ1) is 14.2. The van der Waals surface area contributed by atoms with Crippen molar-refractivity contribution in [3.8, 4) is 11.5 Å². The van der Waals surface area contributed by atoms with Crippen LogP contribution in [0.4, 0.5) is 0 Å². The van der Waals surface area contributed by atoms with Gasteiger partial charge in [0.15, 0.2) is 11.5 Å². The number of hydrogen-bond acceptors (Lipinski definition) is 6. The highest BCUT2D eigenvalue weighted by Gasteiger charge is 2.24. The van der Waals surface area contributed by atoms with E-state index in [0.29, 0.717) is 12.2 Å². The van der Waals surface area contributed by atoms with Crippen molar-refractivity contribution < 1.29 is 9.47 Å². The van der Waals surface area contributed by atoms with Crippen LogP contribution in [0, 0.1) is 0 Å². The summed E-state index contributed by atoms with van der Waals surface area (Å²) in [6.07, 6.45) is 0. The fourth-order valence-electron chi connectivity index (χ4n) is 4.08. The van der Waals surface area contributed by atoms with Gasteiger partial charge in [0.25, 0.3) is 5.56 Å². The highest BCUT2D eigenvalue weighted by molar-refractivity contribution is 5.77. The second-order valence-corrected chi connectivity index (χ2v) is 7.64. The lowest BCUT2D eigenvalue weighted by Crippen LogP contribution is -2.47. The molecular weight excluding hydrogens is 368 g/mol. The van der Waals surface area contributed by atoms with Gasteiger partial charge >= 0.3 is 0 Å². The molecule has 1 N–H and O–H groups in total. The molecule has 1 fully saturated rings. The molecule has 29 heavy (non-hydrogen) atoms. The summed E-state index contributed by atoms with van der Waals surface area (Å²) in [7, 11) is 0. The van der Waals surface area contributed by atoms with E-state index in [9.17, 15) is 4.79 Å². The minimum absolute atomic E-state index is 0.0694. The van der Waals surface area contributed by atoms with E-state index in [2.05, 4.69) is 33.8 Å². The Hall–Kier alpha value is -2.90. The van der Waals surface area contributed by atoms with Crippen molar-refractivity contribution >= 4 is 10.9 Å². The number of fused-ring (bicyclic) bond motifs is 2. The molecule has 2 aliphatic heterocycles. The van der Waals surface area contributed by atoms with E-state index in [0.717, 1.165) is 55.6 Å². The second-order valence-electron chi connectivity index (χ2n) is 7.64. The molecule has 0 unspecified atom stereocenters. The number of aromatic amines is 1. The van der Waals surface area contributed by atoms with Crippen molar-refractivity contribution in [2.24, 2.45) is 0 Å². The molecule has 2 aliphatic rings. The Balaban J connectivity index is 1.24. The highest BCUT2D eigenvalue weighted by atomic mass is 16.7. The summed E-state index contributed by atoms with van der Waals surface area (Å²) in [4.78, 5) is 24.9. The zero-order valence-corrected chi connectivity index (χ0v) is 16.4. The number of piperazine rings is 1. The molecule has 0 radical (unpaired) electrons. The largest absolute Gasteiger partial charge is 0.454 e. The number of benzene rings is 2. The third-order valence-electron chi connectivity index (χ3n) is 5.82. The standard InChI is InChI=1S/C22H24N4O3/c1-15(21-23-18-5-3-2-4-17(18)22(27)24-21)26-10-8-25(9-11-26)13-16-6-7-19-20(12-16)29-14-28-19/h2-7,12,15H,8-11,13-14H2,1H3,(H,23,24,27)/t15-/m0/s1. The molecule has 3 heterocycles. The topological polar surface area (TPSA) is 70.7 Å². The monoisotopic (exact) mass is 392 g/mol. The summed E-state index contributed by atoms with van der Waals surface area (Å²) in [5.41, 5.74) is 1.91. The van der Waals surface area contributed by atoms with Crippen LogP contribution in [-0.2, 0) is 6.54 Å². The molecule has 0 amide bonds. The van der Waals surface area contributed by atoms with Crippen LogP contribution in [0.25, 0.3) is 10.9 Å². The Morgan fingerprint density at radius 2 is 1.86 bits per heavy atom. The van der Waals surface area contributed by atoms with Crippen molar-refractivity contribution in [1.29, 1.82) is 0 Å². The van der Waals surface area contributed by atoms with Crippen molar-refractivity contribution in [2.45, 2.75) is 19.5 Å². The molecule has 3 aromatic rings. The molecule has 0 bridgehead atoms. The van der Waals surface area contributed by atoms with Gasteiger partial charge in [0.05, 0.1) is 16.9 Å². The van der Waals surface area contributed by atoms with E-state index in [4.69, 9.17) is 14.5 Å². The third kappa shape index (κ3) is 3.59. The summed E-state index contributed by atoms with van der Waals surface area (Å²) < 4.78 is 10.9. The Labute approximate surface area is 168 Å². The van der Waals surface area contributed by atoms with Gasteiger partial charge in [0.1, 0.15) is 5.82 Å². The number of para-hydroxylation sites is 1. The summed E-state index contributed by atoms with van der Waals surface area (Å²) in [5.74, 6) is 2.39. The number of nitrogens with one attached hydrogen (secondary N) is 1. The fourth-order valence-corrected chi connectivity index (χ4v) is 4.08. The summed E-state index contributed by atoms with van der Waals surface area (Å²) in [6.45, 7) is 7.11. The predicted molar refractivity (Wildman–Crippen MR) is 110 cm³/mol. The molecule has 7 heteroatoms. The van der Waals surface area contributed by atoms with Crippen LogP contribution in [0.5, 0.6) is 11.5 Å². The summed E-state index contributed by atoms with van der Waals surface area (Å²) >= 11 is 0. The molecule has 150 valence electrons. The molecular formula is C22H24N4O3. The summed E-state index contributed by atoms with van der Waals surface area (Å²) in [5, 5.41) is 0.636. The van der Waals surface area contributed by atoms with E-state index in [1.165, 1.54) is 5.56 Å². The molecule has 1 atom stereocenters. The van der Waals surface area contributed by atoms with E-state index < -0.39 is 0 Å². The SMILES string of the molecule is C[C@@H](c1nc2ccccc2c(=O)[nH]1)N1CCN(Cc2ccc3c(c2)OCO3)CC1. The molecule has 1 aromatic heterocycles. The Kier molecular flexibility index (Phi) is 4.69. The van der Waals surface area contributed by atoms with Gasteiger partial charge in [0.2, 0.25) is 6.79 Å². The van der Waals surface area contributed by atoms with Crippen molar-refractivity contribution in [3.63, 3.8) is 0 Å². The van der Waals surface area contributed by atoms with Crippen molar-refractivity contribution in [3.05, 3.63) is 64.2 Å². The molecule has 2 aromatic carbocycles. The minimum Gasteiger partial charge on any atom is -0.454 e. The third-order valence-corrected chi connectivity index (χ3v) is 5.82. The van der Waals surface area contributed by atoms with Gasteiger partial charge in [-0.25, -0.2) is 4.98 Å². The van der Waals surface area contributed by atoms with Gasteiger partial charge < -0.3 is 14.5 Å². The normalized spacial score (nSPS) is 18.2. The summed E-state index contributed by atoms with van der Waals surface area (Å²) in [6, 6.07) is 13.7. The number of aromatic nitrogens is 2. The lowest BCUT2D eigenvalue weighted by molar-refractivity contribution is 0.0948. The Morgan fingerprint density at radius 3 is 2.72 bits per heavy atom. The van der Waals surface area contributed by atoms with E-state index in [-0.39, 0.29) is 11.6 Å². The lowest BCUT2D eigenvalue weighted by atomic mass is 10.1. The van der Waals surface area contributed by atoms with Gasteiger partial charge in [-0.2, -0.15) is 0 Å². The molecule has 1 saturated heterocycles. The van der Waals surface area contributed by atoms with Crippen LogP contribution in [0.3, 0.4) is 0 Å². The first-order valence-corrected chi connectivity index (χ1v) is 10.0. The zero-order chi connectivity index (χ0) is 19.8. The number of rotatable bonds is 4. The van der Waals surface area contributed by atoms with Crippen molar-refractivity contribution in [1.82, 2.24) is 19.8 Å². The Morgan fingerprint density at radius 1 is 1.07 bits per heavy atom. The van der Waals surface area contributed by atoms with Gasteiger partial charge in [0, 0.05) is 32.7 Å². The molecule has 0 spiro atoms. The van der Waals surface area contributed by atoms with Crippen LogP contribution < -0.4 is 15.0 Å². The molecule has 5 rings (SSSR count). The van der Waals surface area contributed by atoms with Gasteiger partial charge in [-0.3, -0.25) is 14.6 Å². The van der Waals surface area contributed by atoms with Gasteiger partial charge in [-0.1, -0.05) is 18.2 Å². The second kappa shape index (κ2) is 7.50. The first-order valence-electron chi connectivity index (χ1n) is 10.0. The number of ether oxygens (including phenoxy) is 2. The van der Waals surface area contributed by atoms with Crippen molar-refractivity contribution in [2.75, 3.05) is 33.0 Å².